The smallest absolute Gasteiger partial charge is 0.0945 e. The summed E-state index contributed by atoms with van der Waals surface area (Å²) in [7, 11) is 0. The van der Waals surface area contributed by atoms with Gasteiger partial charge >= 0.3 is 0 Å². The molecular weight excluding hydrogens is 414 g/mol. The van der Waals surface area contributed by atoms with Crippen LogP contribution in [-0.2, 0) is 0 Å². The van der Waals surface area contributed by atoms with E-state index in [-0.39, 0.29) is 6.04 Å². The summed E-state index contributed by atoms with van der Waals surface area (Å²) >= 11 is 0. The molecule has 0 spiro atoms. The molecule has 2 aromatic carbocycles. The van der Waals surface area contributed by atoms with Crippen LogP contribution >= 0.6 is 0 Å². The second-order valence-corrected chi connectivity index (χ2v) is 8.28. The highest BCUT2D eigenvalue weighted by Gasteiger charge is 2.38. The fourth-order valence-corrected chi connectivity index (χ4v) is 5.04. The van der Waals surface area contributed by atoms with Crippen molar-refractivity contribution in [2.75, 3.05) is 10.2 Å². The normalized spacial score (nSPS) is 18.1. The highest BCUT2D eigenvalue weighted by Crippen LogP contribution is 2.42. The summed E-state index contributed by atoms with van der Waals surface area (Å²) in [5.41, 5.74) is 8.00. The molecule has 1 unspecified atom stereocenters. The van der Waals surface area contributed by atoms with Crippen LogP contribution in [0.1, 0.15) is 19.5 Å². The molecule has 3 heteroatoms. The van der Waals surface area contributed by atoms with Crippen LogP contribution in [0.3, 0.4) is 0 Å². The van der Waals surface area contributed by atoms with Gasteiger partial charge in [-0.25, -0.2) is 0 Å². The Hall–Kier alpha value is -4.24. The molecule has 3 nitrogen and oxygen atoms in total. The first kappa shape index (κ1) is 21.6. The standard InChI is InChI=1S/C31H29N3/c1-5-15-26-24(7-3)30-28(33(26)22-17-11-9-12-18-22)21-29-31(32-30)25(8-4)27(16-6-2)34(29)23-19-13-10-14-20-23/h5-21,31-32H,1,4H2,2-3H3/b16-6-,24-7+,26-15+. The van der Waals surface area contributed by atoms with Gasteiger partial charge in [-0.2, -0.15) is 0 Å². The Morgan fingerprint density at radius 1 is 0.912 bits per heavy atom. The predicted octanol–water partition coefficient (Wildman–Crippen LogP) is 5.92. The maximum Gasteiger partial charge on any atom is 0.0945 e. The molecule has 2 aliphatic heterocycles. The van der Waals surface area contributed by atoms with Crippen LogP contribution in [0.15, 0.2) is 115 Å². The Bertz CT molecular complexity index is 1460. The summed E-state index contributed by atoms with van der Waals surface area (Å²) in [6.45, 7) is 12.3. The van der Waals surface area contributed by atoms with Gasteiger partial charge in [0.1, 0.15) is 0 Å². The van der Waals surface area contributed by atoms with Gasteiger partial charge < -0.3 is 14.8 Å². The molecular formula is C31H29N3. The van der Waals surface area contributed by atoms with E-state index in [0.29, 0.717) is 0 Å². The molecule has 1 N–H and O–H groups in total. The molecule has 0 amide bonds. The second kappa shape index (κ2) is 8.95. The number of allylic oxidation sites excluding steroid dienone is 3. The van der Waals surface area contributed by atoms with E-state index in [1.807, 2.05) is 18.2 Å². The molecule has 0 aliphatic carbocycles. The third kappa shape index (κ3) is 3.29. The number of nitrogens with one attached hydrogen (secondary N) is 1. The van der Waals surface area contributed by atoms with Crippen molar-refractivity contribution in [2.45, 2.75) is 19.9 Å². The first-order valence-corrected chi connectivity index (χ1v) is 11.6. The van der Waals surface area contributed by atoms with Gasteiger partial charge in [0.25, 0.3) is 0 Å². The van der Waals surface area contributed by atoms with Gasteiger partial charge in [-0.15, -0.1) is 0 Å². The molecule has 5 rings (SSSR count). The summed E-state index contributed by atoms with van der Waals surface area (Å²) in [6.07, 6.45) is 14.7. The lowest BCUT2D eigenvalue weighted by Crippen LogP contribution is -2.32. The average molecular weight is 444 g/mol. The van der Waals surface area contributed by atoms with E-state index < -0.39 is 0 Å². The Labute approximate surface area is 201 Å². The zero-order valence-corrected chi connectivity index (χ0v) is 19.7. The summed E-state index contributed by atoms with van der Waals surface area (Å²) in [6, 6.07) is 21.0. The molecule has 1 atom stereocenters. The molecule has 0 saturated carbocycles. The molecule has 1 aromatic heterocycles. The van der Waals surface area contributed by atoms with Crippen LogP contribution in [0.4, 0.5) is 11.4 Å². The Morgan fingerprint density at radius 3 is 2.18 bits per heavy atom. The minimum absolute atomic E-state index is 0.0123. The number of aromatic nitrogens is 1. The van der Waals surface area contributed by atoms with E-state index in [1.165, 1.54) is 16.5 Å². The number of benzene rings is 2. The van der Waals surface area contributed by atoms with Crippen LogP contribution in [-0.4, -0.2) is 10.6 Å². The summed E-state index contributed by atoms with van der Waals surface area (Å²) in [5, 5.41) is 6.16. The first-order chi connectivity index (χ1) is 16.7. The van der Waals surface area contributed by atoms with Crippen LogP contribution in [0.2, 0.25) is 0 Å². The van der Waals surface area contributed by atoms with Gasteiger partial charge in [-0.05, 0) is 56.3 Å². The van der Waals surface area contributed by atoms with Crippen molar-refractivity contribution < 1.29 is 0 Å². The van der Waals surface area contributed by atoms with Crippen molar-refractivity contribution >= 4 is 29.6 Å². The zero-order chi connectivity index (χ0) is 23.7. The number of rotatable bonds is 5. The Balaban J connectivity index is 1.84. The topological polar surface area (TPSA) is 20.2 Å². The molecule has 0 radical (unpaired) electrons. The Kier molecular flexibility index (Phi) is 5.69. The zero-order valence-electron chi connectivity index (χ0n) is 19.7. The molecule has 2 aliphatic rings. The van der Waals surface area contributed by atoms with E-state index in [2.05, 4.69) is 127 Å². The largest absolute Gasteiger partial charge is 0.371 e. The van der Waals surface area contributed by atoms with Crippen LogP contribution in [0.5, 0.6) is 0 Å². The lowest BCUT2D eigenvalue weighted by molar-refractivity contribution is 0.957. The molecule has 0 bridgehead atoms. The quantitative estimate of drug-likeness (QED) is 0.529. The minimum Gasteiger partial charge on any atom is -0.371 e. The molecule has 34 heavy (non-hydrogen) atoms. The number of hydrogen-bond acceptors (Lipinski definition) is 2. The molecule has 0 saturated heterocycles. The monoisotopic (exact) mass is 443 g/mol. The van der Waals surface area contributed by atoms with Crippen LogP contribution in [0, 0.1) is 0 Å². The summed E-state index contributed by atoms with van der Waals surface area (Å²) < 4.78 is 2.31. The van der Waals surface area contributed by atoms with E-state index in [0.717, 1.165) is 33.8 Å². The van der Waals surface area contributed by atoms with Gasteiger partial charge in [0.15, 0.2) is 0 Å². The number of para-hydroxylation sites is 2. The molecule has 168 valence electrons. The van der Waals surface area contributed by atoms with E-state index in [1.54, 1.807) is 0 Å². The Morgan fingerprint density at radius 2 is 1.59 bits per heavy atom. The maximum atomic E-state index is 4.17. The van der Waals surface area contributed by atoms with E-state index in [4.69, 9.17) is 0 Å². The second-order valence-electron chi connectivity index (χ2n) is 8.28. The van der Waals surface area contributed by atoms with Gasteiger partial charge in [0.05, 0.1) is 34.2 Å². The van der Waals surface area contributed by atoms with Gasteiger partial charge in [-0.1, -0.05) is 73.9 Å². The van der Waals surface area contributed by atoms with Crippen molar-refractivity contribution in [1.82, 2.24) is 4.57 Å². The number of nitrogens with zero attached hydrogens (tertiary/aromatic N) is 2. The van der Waals surface area contributed by atoms with Crippen molar-refractivity contribution in [2.24, 2.45) is 0 Å². The summed E-state index contributed by atoms with van der Waals surface area (Å²) in [4.78, 5) is 2.34. The molecule has 3 aromatic rings. The maximum absolute atomic E-state index is 4.17. The predicted molar refractivity (Wildman–Crippen MR) is 146 cm³/mol. The van der Waals surface area contributed by atoms with Crippen molar-refractivity contribution in [3.05, 3.63) is 131 Å². The van der Waals surface area contributed by atoms with Gasteiger partial charge in [0, 0.05) is 22.2 Å². The van der Waals surface area contributed by atoms with Crippen LogP contribution in [0.25, 0.3) is 23.9 Å². The van der Waals surface area contributed by atoms with Crippen molar-refractivity contribution in [1.29, 1.82) is 0 Å². The van der Waals surface area contributed by atoms with Crippen molar-refractivity contribution in [3.8, 4) is 5.69 Å². The first-order valence-electron chi connectivity index (χ1n) is 11.6. The third-order valence-corrected chi connectivity index (χ3v) is 6.40. The van der Waals surface area contributed by atoms with E-state index in [9.17, 15) is 0 Å². The molecule has 3 heterocycles. The fourth-order valence-electron chi connectivity index (χ4n) is 5.04. The van der Waals surface area contributed by atoms with E-state index >= 15 is 0 Å². The highest BCUT2D eigenvalue weighted by atomic mass is 15.2. The lowest BCUT2D eigenvalue weighted by atomic mass is 10.0. The summed E-state index contributed by atoms with van der Waals surface area (Å²) in [5.74, 6) is 0. The van der Waals surface area contributed by atoms with Gasteiger partial charge in [-0.3, -0.25) is 0 Å². The minimum atomic E-state index is 0.0123. The number of hydrogen-bond donors (Lipinski definition) is 1. The lowest BCUT2D eigenvalue weighted by Gasteiger charge is -2.29. The van der Waals surface area contributed by atoms with Crippen molar-refractivity contribution in [3.63, 3.8) is 0 Å². The van der Waals surface area contributed by atoms with Gasteiger partial charge in [0.2, 0.25) is 0 Å². The average Bonchev–Trinajstić information content (AvgIpc) is 3.34. The number of anilines is 2. The fraction of sp³-hybridized carbons (Fsp3) is 0.0968. The highest BCUT2D eigenvalue weighted by molar-refractivity contribution is 5.84. The van der Waals surface area contributed by atoms with Crippen LogP contribution < -0.4 is 20.8 Å². The SMILES string of the molecule is C=C/C=c1\c(=C/C)c2c(n1-c1ccccc1)C=C1C(N2)C(C=C)=C(/C=C\C)N1c1ccccc1. The molecule has 0 fully saturated rings. The number of fused-ring (bicyclic) bond motifs is 2. The third-order valence-electron chi connectivity index (χ3n) is 6.40.